The van der Waals surface area contributed by atoms with Gasteiger partial charge in [-0.15, -0.1) is 0 Å². The van der Waals surface area contributed by atoms with E-state index in [0.717, 1.165) is 16.9 Å². The van der Waals surface area contributed by atoms with Crippen LogP contribution in [0.5, 0.6) is 0 Å². The zero-order chi connectivity index (χ0) is 15.4. The number of carbonyl (C=O) groups excluding carboxylic acids is 1. The molecule has 0 aromatic heterocycles. The summed E-state index contributed by atoms with van der Waals surface area (Å²) in [4.78, 5) is 14.0. The van der Waals surface area contributed by atoms with Gasteiger partial charge >= 0.3 is 0 Å². The Morgan fingerprint density at radius 1 is 1.05 bits per heavy atom. The Labute approximate surface area is 130 Å². The van der Waals surface area contributed by atoms with Crippen molar-refractivity contribution in [2.75, 3.05) is 6.54 Å². The average Bonchev–Trinajstić information content (AvgIpc) is 2.95. The molecule has 0 saturated heterocycles. The highest BCUT2D eigenvalue weighted by Gasteiger charge is 2.27. The summed E-state index contributed by atoms with van der Waals surface area (Å²) in [5, 5.41) is 0. The quantitative estimate of drug-likeness (QED) is 0.841. The van der Waals surface area contributed by atoms with Crippen LogP contribution in [0.15, 0.2) is 72.5 Å². The van der Waals surface area contributed by atoms with E-state index < -0.39 is 0 Å². The molecule has 0 N–H and O–H groups in total. The second-order valence-electron chi connectivity index (χ2n) is 5.44. The van der Waals surface area contributed by atoms with Crippen LogP contribution < -0.4 is 0 Å². The van der Waals surface area contributed by atoms with Gasteiger partial charge in [-0.3, -0.25) is 4.79 Å². The van der Waals surface area contributed by atoms with E-state index in [-0.39, 0.29) is 11.9 Å². The molecule has 3 nitrogen and oxygen atoms in total. The normalized spacial score (nSPS) is 15.6. The second kappa shape index (κ2) is 6.48. The molecule has 2 aromatic carbocycles. The largest absolute Gasteiger partial charge is 0.491 e. The Morgan fingerprint density at radius 2 is 1.68 bits per heavy atom. The fraction of sp³-hybridized carbons (Fsp3) is 0.211. The van der Waals surface area contributed by atoms with Crippen molar-refractivity contribution in [1.29, 1.82) is 0 Å². The van der Waals surface area contributed by atoms with Gasteiger partial charge < -0.3 is 9.64 Å². The predicted molar refractivity (Wildman–Crippen MR) is 85.9 cm³/mol. The van der Waals surface area contributed by atoms with Gasteiger partial charge in [-0.1, -0.05) is 60.7 Å². The lowest BCUT2D eigenvalue weighted by molar-refractivity contribution is -0.126. The van der Waals surface area contributed by atoms with E-state index in [9.17, 15) is 4.79 Å². The summed E-state index contributed by atoms with van der Waals surface area (Å²) in [6.07, 6.45) is 1.60. The molecule has 0 unspecified atom stereocenters. The minimum atomic E-state index is 0.0133. The van der Waals surface area contributed by atoms with Gasteiger partial charge in [0.1, 0.15) is 12.4 Å². The van der Waals surface area contributed by atoms with E-state index in [0.29, 0.717) is 13.2 Å². The first-order valence-electron chi connectivity index (χ1n) is 7.47. The average molecular weight is 293 g/mol. The number of carbonyl (C=O) groups is 1. The predicted octanol–water partition coefficient (Wildman–Crippen LogP) is 3.69. The van der Waals surface area contributed by atoms with Gasteiger partial charge in [-0.2, -0.15) is 0 Å². The molecule has 1 amide bonds. The third kappa shape index (κ3) is 3.19. The Balaban J connectivity index is 1.61. The van der Waals surface area contributed by atoms with E-state index in [1.54, 1.807) is 6.08 Å². The first kappa shape index (κ1) is 14.4. The van der Waals surface area contributed by atoms with Crippen LogP contribution in [0.25, 0.3) is 0 Å². The maximum absolute atomic E-state index is 12.2. The zero-order valence-electron chi connectivity index (χ0n) is 12.6. The van der Waals surface area contributed by atoms with Crippen molar-refractivity contribution < 1.29 is 9.53 Å². The number of hydrogen-bond donors (Lipinski definition) is 0. The molecule has 3 rings (SSSR count). The first-order chi connectivity index (χ1) is 10.7. The molecule has 1 aliphatic heterocycles. The number of amides is 1. The summed E-state index contributed by atoms with van der Waals surface area (Å²) in [5.41, 5.74) is 2.24. The highest BCUT2D eigenvalue weighted by molar-refractivity contribution is 5.91. The van der Waals surface area contributed by atoms with Crippen LogP contribution in [0, 0.1) is 0 Å². The van der Waals surface area contributed by atoms with Crippen molar-refractivity contribution in [1.82, 2.24) is 4.90 Å². The van der Waals surface area contributed by atoms with Crippen molar-refractivity contribution in [2.45, 2.75) is 19.6 Å². The molecule has 1 aliphatic rings. The lowest BCUT2D eigenvalue weighted by atomic mass is 10.1. The molecule has 0 spiro atoms. The summed E-state index contributed by atoms with van der Waals surface area (Å²) in [5.74, 6) is 0.746. The Morgan fingerprint density at radius 3 is 2.36 bits per heavy atom. The SMILES string of the molecule is C[C@@H](c1ccccc1)N1CC(OCc2ccccc2)=CC1=O. The first-order valence-corrected chi connectivity index (χ1v) is 7.47. The van der Waals surface area contributed by atoms with Crippen molar-refractivity contribution in [2.24, 2.45) is 0 Å². The topological polar surface area (TPSA) is 29.5 Å². The summed E-state index contributed by atoms with van der Waals surface area (Å²) < 4.78 is 5.77. The van der Waals surface area contributed by atoms with Crippen LogP contribution in [0.4, 0.5) is 0 Å². The molecule has 2 aromatic rings. The number of hydrogen-bond acceptors (Lipinski definition) is 2. The molecule has 112 valence electrons. The summed E-state index contributed by atoms with van der Waals surface area (Å²) >= 11 is 0. The molecule has 0 fully saturated rings. The van der Waals surface area contributed by atoms with E-state index in [2.05, 4.69) is 0 Å². The van der Waals surface area contributed by atoms with Crippen molar-refractivity contribution in [3.8, 4) is 0 Å². The lowest BCUT2D eigenvalue weighted by Gasteiger charge is -2.25. The van der Waals surface area contributed by atoms with Crippen molar-refractivity contribution in [3.63, 3.8) is 0 Å². The number of benzene rings is 2. The maximum Gasteiger partial charge on any atom is 0.250 e. The van der Waals surface area contributed by atoms with E-state index in [1.165, 1.54) is 0 Å². The smallest absolute Gasteiger partial charge is 0.250 e. The van der Waals surface area contributed by atoms with Gasteiger partial charge in [0.05, 0.1) is 12.6 Å². The highest BCUT2D eigenvalue weighted by Crippen LogP contribution is 2.25. The van der Waals surface area contributed by atoms with Gasteiger partial charge in [-0.05, 0) is 18.1 Å². The third-order valence-electron chi connectivity index (χ3n) is 3.91. The summed E-state index contributed by atoms with van der Waals surface area (Å²) in [6.45, 7) is 3.07. The van der Waals surface area contributed by atoms with E-state index in [1.807, 2.05) is 72.5 Å². The Bertz CT molecular complexity index is 664. The molecule has 1 atom stereocenters. The van der Waals surface area contributed by atoms with E-state index >= 15 is 0 Å². The van der Waals surface area contributed by atoms with Crippen LogP contribution >= 0.6 is 0 Å². The summed E-state index contributed by atoms with van der Waals surface area (Å²) in [6, 6.07) is 20.1. The van der Waals surface area contributed by atoms with Gasteiger partial charge in [0.15, 0.2) is 0 Å². The molecular weight excluding hydrogens is 274 g/mol. The molecular formula is C19H19NO2. The standard InChI is InChI=1S/C19H19NO2/c1-15(17-10-6-3-7-11-17)20-13-18(12-19(20)21)22-14-16-8-4-2-5-9-16/h2-12,15H,13-14H2,1H3/t15-/m0/s1. The minimum absolute atomic E-state index is 0.0133. The minimum Gasteiger partial charge on any atom is -0.491 e. The fourth-order valence-electron chi connectivity index (χ4n) is 2.59. The molecule has 0 aliphatic carbocycles. The fourth-order valence-corrected chi connectivity index (χ4v) is 2.59. The van der Waals surface area contributed by atoms with Crippen LogP contribution in [-0.4, -0.2) is 17.4 Å². The Kier molecular flexibility index (Phi) is 4.24. The zero-order valence-corrected chi connectivity index (χ0v) is 12.6. The summed E-state index contributed by atoms with van der Waals surface area (Å²) in [7, 11) is 0. The highest BCUT2D eigenvalue weighted by atomic mass is 16.5. The van der Waals surface area contributed by atoms with Crippen LogP contribution in [0.2, 0.25) is 0 Å². The van der Waals surface area contributed by atoms with Crippen molar-refractivity contribution in [3.05, 3.63) is 83.6 Å². The third-order valence-corrected chi connectivity index (χ3v) is 3.91. The number of ether oxygens (including phenoxy) is 1. The van der Waals surface area contributed by atoms with Crippen LogP contribution in [-0.2, 0) is 16.1 Å². The van der Waals surface area contributed by atoms with Gasteiger partial charge in [0.25, 0.3) is 5.91 Å². The van der Waals surface area contributed by atoms with E-state index in [4.69, 9.17) is 4.74 Å². The van der Waals surface area contributed by atoms with Gasteiger partial charge in [-0.25, -0.2) is 0 Å². The van der Waals surface area contributed by atoms with Gasteiger partial charge in [0.2, 0.25) is 0 Å². The molecule has 1 heterocycles. The number of rotatable bonds is 5. The number of nitrogens with zero attached hydrogens (tertiary/aromatic N) is 1. The lowest BCUT2D eigenvalue weighted by Crippen LogP contribution is -2.29. The van der Waals surface area contributed by atoms with Crippen molar-refractivity contribution >= 4 is 5.91 Å². The van der Waals surface area contributed by atoms with Crippen LogP contribution in [0.3, 0.4) is 0 Å². The molecule has 0 bridgehead atoms. The Hall–Kier alpha value is -2.55. The molecule has 0 radical (unpaired) electrons. The van der Waals surface area contributed by atoms with Gasteiger partial charge in [0, 0.05) is 6.08 Å². The molecule has 22 heavy (non-hydrogen) atoms. The second-order valence-corrected chi connectivity index (χ2v) is 5.44. The molecule has 0 saturated carbocycles. The van der Waals surface area contributed by atoms with Crippen LogP contribution in [0.1, 0.15) is 24.1 Å². The monoisotopic (exact) mass is 293 g/mol. The maximum atomic E-state index is 12.2. The molecule has 3 heteroatoms.